The van der Waals surface area contributed by atoms with Crippen LogP contribution in [-0.4, -0.2) is 59.1 Å². The monoisotopic (exact) mass is 488 g/mol. The van der Waals surface area contributed by atoms with Gasteiger partial charge in [0.05, 0.1) is 23.2 Å². The summed E-state index contributed by atoms with van der Waals surface area (Å²) in [5.74, 6) is 1.45. The number of nitrogens with one attached hydrogen (secondary N) is 2. The molecular formula is C22H28N6O5S. The van der Waals surface area contributed by atoms with E-state index >= 15 is 0 Å². The van der Waals surface area contributed by atoms with E-state index in [4.69, 9.17) is 9.47 Å². The van der Waals surface area contributed by atoms with Crippen molar-refractivity contribution in [1.29, 1.82) is 0 Å². The van der Waals surface area contributed by atoms with Crippen LogP contribution < -0.4 is 15.0 Å². The number of fused-ring (bicyclic) bond motifs is 1. The first-order chi connectivity index (χ1) is 16.5. The molecule has 0 spiro atoms. The van der Waals surface area contributed by atoms with Gasteiger partial charge in [-0.1, -0.05) is 12.8 Å². The summed E-state index contributed by atoms with van der Waals surface area (Å²) in [5, 5.41) is 12.9. The number of benzene rings is 1. The Hall–Kier alpha value is -2.83. The van der Waals surface area contributed by atoms with Crippen LogP contribution in [0.5, 0.6) is 5.75 Å². The maximum Gasteiger partial charge on any atom is 0.296 e. The summed E-state index contributed by atoms with van der Waals surface area (Å²) in [5.41, 5.74) is 0.0338. The van der Waals surface area contributed by atoms with Crippen LogP contribution >= 0.6 is 0 Å². The predicted octanol–water partition coefficient (Wildman–Crippen LogP) is 1.99. The Kier molecular flexibility index (Phi) is 6.36. The van der Waals surface area contributed by atoms with Gasteiger partial charge in [-0.15, -0.1) is 15.3 Å². The molecule has 2 N–H and O–H groups in total. The van der Waals surface area contributed by atoms with Gasteiger partial charge in [0.25, 0.3) is 5.56 Å². The molecule has 2 fully saturated rings. The smallest absolute Gasteiger partial charge is 0.296 e. The first-order valence-electron chi connectivity index (χ1n) is 11.7. The third-order valence-corrected chi connectivity index (χ3v) is 7.78. The number of rotatable bonds is 8. The Morgan fingerprint density at radius 1 is 1.21 bits per heavy atom. The van der Waals surface area contributed by atoms with Crippen LogP contribution in [0.25, 0.3) is 17.0 Å². The van der Waals surface area contributed by atoms with Gasteiger partial charge in [-0.25, -0.2) is 13.1 Å². The minimum atomic E-state index is -3.81. The quantitative estimate of drug-likeness (QED) is 0.490. The summed E-state index contributed by atoms with van der Waals surface area (Å²) in [7, 11) is -3.81. The lowest BCUT2D eigenvalue weighted by Gasteiger charge is -2.14. The third kappa shape index (κ3) is 4.44. The molecule has 5 rings (SSSR count). The highest BCUT2D eigenvalue weighted by molar-refractivity contribution is 7.89. The Labute approximate surface area is 196 Å². The van der Waals surface area contributed by atoms with Crippen LogP contribution in [0.2, 0.25) is 0 Å². The van der Waals surface area contributed by atoms with Gasteiger partial charge in [-0.2, -0.15) is 4.52 Å². The first-order valence-corrected chi connectivity index (χ1v) is 13.2. The minimum absolute atomic E-state index is 0.0477. The fraction of sp³-hybridized carbons (Fsp3) is 0.545. The lowest BCUT2D eigenvalue weighted by Crippen LogP contribution is -2.31. The summed E-state index contributed by atoms with van der Waals surface area (Å²) < 4.78 is 41.3. The molecule has 1 saturated heterocycles. The first kappa shape index (κ1) is 22.9. The highest BCUT2D eigenvalue weighted by Crippen LogP contribution is 2.34. The van der Waals surface area contributed by atoms with Crippen molar-refractivity contribution >= 4 is 15.7 Å². The molecule has 12 heteroatoms. The average molecular weight is 489 g/mol. The van der Waals surface area contributed by atoms with Crippen molar-refractivity contribution in [3.05, 3.63) is 34.4 Å². The van der Waals surface area contributed by atoms with Gasteiger partial charge in [-0.05, 0) is 50.8 Å². The van der Waals surface area contributed by atoms with Gasteiger partial charge in [0.1, 0.15) is 5.75 Å². The van der Waals surface area contributed by atoms with Gasteiger partial charge in [-0.3, -0.25) is 4.79 Å². The zero-order valence-corrected chi connectivity index (χ0v) is 19.8. The normalized spacial score (nSPS) is 19.3. The number of hydrogen-bond donors (Lipinski definition) is 2. The number of hydrogen-bond acceptors (Lipinski definition) is 8. The molecular weight excluding hydrogens is 460 g/mol. The second-order valence-electron chi connectivity index (χ2n) is 8.66. The van der Waals surface area contributed by atoms with Gasteiger partial charge < -0.3 is 14.5 Å². The van der Waals surface area contributed by atoms with Crippen molar-refractivity contribution in [1.82, 2.24) is 29.5 Å². The zero-order valence-electron chi connectivity index (χ0n) is 19.0. The lowest BCUT2D eigenvalue weighted by atomic mass is 10.1. The summed E-state index contributed by atoms with van der Waals surface area (Å²) in [6.45, 7) is 3.04. The van der Waals surface area contributed by atoms with Crippen LogP contribution in [0.3, 0.4) is 0 Å². The second kappa shape index (κ2) is 9.43. The number of sulfonamides is 1. The molecule has 1 unspecified atom stereocenters. The Morgan fingerprint density at radius 2 is 2.03 bits per heavy atom. The third-order valence-electron chi connectivity index (χ3n) is 6.36. The molecule has 1 aliphatic carbocycles. The minimum Gasteiger partial charge on any atom is -0.493 e. The van der Waals surface area contributed by atoms with Crippen LogP contribution in [-0.2, 0) is 14.8 Å². The molecule has 0 radical (unpaired) electrons. The Bertz CT molecular complexity index is 1340. The van der Waals surface area contributed by atoms with Crippen LogP contribution in [0.1, 0.15) is 57.2 Å². The molecule has 34 heavy (non-hydrogen) atoms. The van der Waals surface area contributed by atoms with E-state index < -0.39 is 15.6 Å². The summed E-state index contributed by atoms with van der Waals surface area (Å²) >= 11 is 0. The molecule has 3 aromatic rings. The van der Waals surface area contributed by atoms with Crippen LogP contribution in [0.15, 0.2) is 27.9 Å². The van der Waals surface area contributed by atoms with Crippen molar-refractivity contribution in [3.63, 3.8) is 0 Å². The van der Waals surface area contributed by atoms with E-state index in [1.807, 2.05) is 6.92 Å². The van der Waals surface area contributed by atoms with Crippen molar-refractivity contribution in [2.75, 3.05) is 19.8 Å². The van der Waals surface area contributed by atoms with E-state index in [1.165, 1.54) is 16.6 Å². The second-order valence-corrected chi connectivity index (χ2v) is 10.4. The topological polar surface area (TPSA) is 141 Å². The van der Waals surface area contributed by atoms with Gasteiger partial charge in [0.2, 0.25) is 15.7 Å². The molecule has 182 valence electrons. The highest BCUT2D eigenvalue weighted by Gasteiger charge is 2.26. The van der Waals surface area contributed by atoms with Gasteiger partial charge in [0, 0.05) is 19.1 Å². The van der Waals surface area contributed by atoms with Crippen LogP contribution in [0, 0.1) is 0 Å². The average Bonchev–Trinajstić information content (AvgIpc) is 3.59. The number of nitrogens with zero attached hydrogens (tertiary/aromatic N) is 4. The molecule has 0 amide bonds. The van der Waals surface area contributed by atoms with Crippen molar-refractivity contribution in [3.8, 4) is 17.1 Å². The maximum absolute atomic E-state index is 13.0. The van der Waals surface area contributed by atoms with E-state index in [2.05, 4.69) is 25.0 Å². The molecule has 1 aliphatic heterocycles. The Balaban J connectivity index is 1.55. The fourth-order valence-electron chi connectivity index (χ4n) is 4.61. The number of aromatic nitrogens is 5. The highest BCUT2D eigenvalue weighted by atomic mass is 32.2. The van der Waals surface area contributed by atoms with Gasteiger partial charge in [0.15, 0.2) is 11.6 Å². The molecule has 1 atom stereocenters. The molecule has 3 heterocycles. The van der Waals surface area contributed by atoms with E-state index in [9.17, 15) is 13.2 Å². The SMILES string of the molecule is CCOc1ccc(S(=O)(=O)NCC2CCCO2)cc1-c1nn2c(C3CCCC3)nnc2c(=O)[nH]1. The molecule has 1 saturated carbocycles. The zero-order chi connectivity index (χ0) is 23.7. The molecule has 2 aliphatic rings. The molecule has 1 aromatic carbocycles. The van der Waals surface area contributed by atoms with Crippen molar-refractivity contribution in [2.24, 2.45) is 0 Å². The van der Waals surface area contributed by atoms with E-state index in [0.29, 0.717) is 30.4 Å². The molecule has 2 aromatic heterocycles. The summed E-state index contributed by atoms with van der Waals surface area (Å²) in [6, 6.07) is 4.52. The fourth-order valence-corrected chi connectivity index (χ4v) is 5.71. The number of H-pyrrole nitrogens is 1. The summed E-state index contributed by atoms with van der Waals surface area (Å²) in [4.78, 5) is 15.6. The van der Waals surface area contributed by atoms with Crippen molar-refractivity contribution < 1.29 is 17.9 Å². The van der Waals surface area contributed by atoms with Crippen molar-refractivity contribution in [2.45, 2.75) is 62.4 Å². The Morgan fingerprint density at radius 3 is 2.76 bits per heavy atom. The van der Waals surface area contributed by atoms with E-state index in [-0.39, 0.29) is 34.9 Å². The summed E-state index contributed by atoms with van der Waals surface area (Å²) in [6.07, 6.45) is 5.77. The van der Waals surface area contributed by atoms with E-state index in [0.717, 1.165) is 38.5 Å². The maximum atomic E-state index is 13.0. The van der Waals surface area contributed by atoms with E-state index in [1.54, 1.807) is 6.07 Å². The number of ether oxygens (including phenoxy) is 2. The molecule has 11 nitrogen and oxygen atoms in total. The number of aromatic amines is 1. The van der Waals surface area contributed by atoms with Crippen LogP contribution in [0.4, 0.5) is 0 Å². The lowest BCUT2D eigenvalue weighted by molar-refractivity contribution is 0.114. The molecule has 0 bridgehead atoms. The predicted molar refractivity (Wildman–Crippen MR) is 123 cm³/mol. The standard InChI is InChI=1S/C22H28N6O5S/c1-2-32-18-10-9-16(34(30,31)23-13-15-8-5-11-33-15)12-17(18)19-24-22(29)21-26-25-20(28(21)27-19)14-6-3-4-7-14/h9-10,12,14-15,23H,2-8,11,13H2,1H3,(H,24,27,29). The van der Waals surface area contributed by atoms with Gasteiger partial charge >= 0.3 is 0 Å². The largest absolute Gasteiger partial charge is 0.493 e.